The Kier molecular flexibility index (Phi) is 6.24. The first-order valence-electron chi connectivity index (χ1n) is 6.88. The Morgan fingerprint density at radius 2 is 2.16 bits per heavy atom. The van der Waals surface area contributed by atoms with E-state index in [4.69, 9.17) is 6.42 Å². The van der Waals surface area contributed by atoms with Crippen LogP contribution in [0.3, 0.4) is 0 Å². The lowest BCUT2D eigenvalue weighted by molar-refractivity contribution is 0.454. The third kappa shape index (κ3) is 4.18. The normalized spacial score (nSPS) is 11.9. The molecular weight excluding hydrogens is 236 g/mol. The van der Waals surface area contributed by atoms with E-state index in [9.17, 15) is 5.11 Å². The molecule has 1 unspecified atom stereocenters. The summed E-state index contributed by atoms with van der Waals surface area (Å²) >= 11 is 0. The van der Waals surface area contributed by atoms with Crippen molar-refractivity contribution in [2.45, 2.75) is 33.2 Å². The zero-order valence-electron chi connectivity index (χ0n) is 12.1. The van der Waals surface area contributed by atoms with Gasteiger partial charge in [0.2, 0.25) is 0 Å². The van der Waals surface area contributed by atoms with Crippen LogP contribution in [0.1, 0.15) is 38.8 Å². The first-order chi connectivity index (χ1) is 9.13. The second kappa shape index (κ2) is 7.70. The van der Waals surface area contributed by atoms with Crippen LogP contribution in [-0.2, 0) is 0 Å². The number of hydrogen-bond donors (Lipinski definition) is 2. The van der Waals surface area contributed by atoms with Crippen LogP contribution in [0.15, 0.2) is 18.2 Å². The summed E-state index contributed by atoms with van der Waals surface area (Å²) in [6, 6.07) is 5.94. The number of nitrogens with zero attached hydrogens (tertiary/aromatic N) is 1. The summed E-state index contributed by atoms with van der Waals surface area (Å²) in [5.41, 5.74) is 1.90. The summed E-state index contributed by atoms with van der Waals surface area (Å²) in [5, 5.41) is 13.5. The van der Waals surface area contributed by atoms with E-state index in [1.807, 2.05) is 19.1 Å². The van der Waals surface area contributed by atoms with Gasteiger partial charge < -0.3 is 15.3 Å². The molecule has 1 atom stereocenters. The Bertz CT molecular complexity index is 437. The number of terminal acetylenes is 1. The molecule has 0 bridgehead atoms. The summed E-state index contributed by atoms with van der Waals surface area (Å²) in [6.07, 6.45) is 6.41. The van der Waals surface area contributed by atoms with Crippen LogP contribution < -0.4 is 10.2 Å². The fourth-order valence-electron chi connectivity index (χ4n) is 2.19. The number of phenolic OH excluding ortho intramolecular Hbond substituents is 1. The summed E-state index contributed by atoms with van der Waals surface area (Å²) in [5.74, 6) is 2.98. The lowest BCUT2D eigenvalue weighted by atomic mass is 10.1. The third-order valence-electron chi connectivity index (χ3n) is 3.13. The van der Waals surface area contributed by atoms with Gasteiger partial charge in [-0.1, -0.05) is 25.8 Å². The first-order valence-corrected chi connectivity index (χ1v) is 6.88. The van der Waals surface area contributed by atoms with Gasteiger partial charge in [-0.05, 0) is 26.0 Å². The molecule has 104 valence electrons. The zero-order valence-corrected chi connectivity index (χ0v) is 12.1. The number of aromatic hydroxyl groups is 1. The van der Waals surface area contributed by atoms with E-state index in [0.717, 1.165) is 30.8 Å². The average Bonchev–Trinajstić information content (AvgIpc) is 2.38. The largest absolute Gasteiger partial charge is 0.508 e. The smallest absolute Gasteiger partial charge is 0.122 e. The molecule has 1 aromatic carbocycles. The van der Waals surface area contributed by atoms with Crippen molar-refractivity contribution in [2.75, 3.05) is 24.5 Å². The van der Waals surface area contributed by atoms with Crippen molar-refractivity contribution in [1.82, 2.24) is 5.32 Å². The van der Waals surface area contributed by atoms with Gasteiger partial charge in [0.05, 0.1) is 6.54 Å². The number of phenols is 1. The lowest BCUT2D eigenvalue weighted by Gasteiger charge is -2.23. The first kappa shape index (κ1) is 15.4. The summed E-state index contributed by atoms with van der Waals surface area (Å²) < 4.78 is 0. The fraction of sp³-hybridized carbons (Fsp3) is 0.500. The number of anilines is 1. The van der Waals surface area contributed by atoms with Gasteiger partial charge in [-0.2, -0.15) is 0 Å². The van der Waals surface area contributed by atoms with E-state index < -0.39 is 0 Å². The van der Waals surface area contributed by atoms with E-state index in [-0.39, 0.29) is 6.04 Å². The monoisotopic (exact) mass is 260 g/mol. The van der Waals surface area contributed by atoms with E-state index in [1.54, 1.807) is 6.07 Å². The molecule has 19 heavy (non-hydrogen) atoms. The van der Waals surface area contributed by atoms with Gasteiger partial charge in [-0.15, -0.1) is 6.42 Å². The van der Waals surface area contributed by atoms with Crippen LogP contribution in [0.4, 0.5) is 5.69 Å². The molecule has 0 aromatic heterocycles. The minimum absolute atomic E-state index is 0.145. The maximum atomic E-state index is 10.2. The maximum Gasteiger partial charge on any atom is 0.122 e. The molecule has 0 aliphatic rings. The second-order valence-corrected chi connectivity index (χ2v) is 4.65. The summed E-state index contributed by atoms with van der Waals surface area (Å²) in [6.45, 7) is 8.55. The molecule has 1 aromatic rings. The minimum Gasteiger partial charge on any atom is -0.508 e. The molecule has 1 rings (SSSR count). The highest BCUT2D eigenvalue weighted by molar-refractivity contribution is 5.54. The Morgan fingerprint density at radius 3 is 2.68 bits per heavy atom. The van der Waals surface area contributed by atoms with Crippen molar-refractivity contribution in [3.8, 4) is 18.1 Å². The van der Waals surface area contributed by atoms with Crippen LogP contribution in [0.2, 0.25) is 0 Å². The van der Waals surface area contributed by atoms with Crippen LogP contribution >= 0.6 is 0 Å². The predicted molar refractivity (Wildman–Crippen MR) is 81.5 cm³/mol. The minimum atomic E-state index is 0.145. The van der Waals surface area contributed by atoms with Crippen molar-refractivity contribution in [1.29, 1.82) is 0 Å². The Morgan fingerprint density at radius 1 is 1.42 bits per heavy atom. The van der Waals surface area contributed by atoms with Crippen molar-refractivity contribution in [3.05, 3.63) is 23.8 Å². The van der Waals surface area contributed by atoms with Gasteiger partial charge in [0, 0.05) is 29.9 Å². The van der Waals surface area contributed by atoms with Gasteiger partial charge in [-0.3, -0.25) is 0 Å². The summed E-state index contributed by atoms with van der Waals surface area (Å²) in [7, 11) is 0. The highest BCUT2D eigenvalue weighted by Gasteiger charge is 2.12. The highest BCUT2D eigenvalue weighted by Crippen LogP contribution is 2.29. The molecule has 0 aliphatic heterocycles. The number of rotatable bonds is 7. The van der Waals surface area contributed by atoms with Crippen molar-refractivity contribution in [3.63, 3.8) is 0 Å². The van der Waals surface area contributed by atoms with Crippen LogP contribution in [0, 0.1) is 12.3 Å². The number of hydrogen-bond acceptors (Lipinski definition) is 3. The van der Waals surface area contributed by atoms with E-state index in [2.05, 4.69) is 30.0 Å². The van der Waals surface area contributed by atoms with Crippen molar-refractivity contribution < 1.29 is 5.11 Å². The van der Waals surface area contributed by atoms with Crippen LogP contribution in [-0.4, -0.2) is 24.7 Å². The topological polar surface area (TPSA) is 35.5 Å². The fourth-order valence-corrected chi connectivity index (χ4v) is 2.19. The second-order valence-electron chi connectivity index (χ2n) is 4.65. The zero-order chi connectivity index (χ0) is 14.3. The number of nitrogens with one attached hydrogen (secondary N) is 1. The molecule has 0 heterocycles. The van der Waals surface area contributed by atoms with E-state index >= 15 is 0 Å². The Balaban J connectivity index is 2.94. The van der Waals surface area contributed by atoms with E-state index in [1.165, 1.54) is 0 Å². The predicted octanol–water partition coefficient (Wildman–Crippen LogP) is 2.91. The molecule has 3 heteroatoms. The molecule has 0 fully saturated rings. The van der Waals surface area contributed by atoms with E-state index in [0.29, 0.717) is 12.3 Å². The van der Waals surface area contributed by atoms with Gasteiger partial charge in [-0.25, -0.2) is 0 Å². The maximum absolute atomic E-state index is 10.2. The van der Waals surface area contributed by atoms with Crippen LogP contribution in [0.5, 0.6) is 5.75 Å². The standard InChI is InChI=1S/C16H24N2O/c1-5-10-18(11-6-2)14-8-9-15(16(19)12-14)13(4)17-7-3/h1,8-9,12-13,17,19H,6-7,10-11H2,2-4H3. The Hall–Kier alpha value is -1.66. The van der Waals surface area contributed by atoms with Crippen molar-refractivity contribution >= 4 is 5.69 Å². The van der Waals surface area contributed by atoms with Crippen molar-refractivity contribution in [2.24, 2.45) is 0 Å². The van der Waals surface area contributed by atoms with Gasteiger partial charge in [0.15, 0.2) is 0 Å². The highest BCUT2D eigenvalue weighted by atomic mass is 16.3. The van der Waals surface area contributed by atoms with Gasteiger partial charge >= 0.3 is 0 Å². The molecule has 0 aliphatic carbocycles. The SMILES string of the molecule is C#CCN(CCC)c1ccc(C(C)NCC)c(O)c1. The number of benzene rings is 1. The summed E-state index contributed by atoms with van der Waals surface area (Å²) in [4.78, 5) is 2.10. The van der Waals surface area contributed by atoms with Gasteiger partial charge in [0.25, 0.3) is 0 Å². The third-order valence-corrected chi connectivity index (χ3v) is 3.13. The van der Waals surface area contributed by atoms with Gasteiger partial charge in [0.1, 0.15) is 5.75 Å². The molecular formula is C16H24N2O. The Labute approximate surface area is 116 Å². The molecule has 2 N–H and O–H groups in total. The quantitative estimate of drug-likeness (QED) is 0.740. The lowest BCUT2D eigenvalue weighted by Crippen LogP contribution is -2.24. The molecule has 0 amide bonds. The molecule has 0 saturated heterocycles. The molecule has 0 spiro atoms. The molecule has 0 saturated carbocycles. The average molecular weight is 260 g/mol. The van der Waals surface area contributed by atoms with Crippen LogP contribution in [0.25, 0.3) is 0 Å². The molecule has 0 radical (unpaired) electrons. The molecule has 3 nitrogen and oxygen atoms in total.